The predicted molar refractivity (Wildman–Crippen MR) is 77.1 cm³/mol. The SMILES string of the molecule is C1C[C@@H]2CCC23N[C@H]3C1.Cc1nc2ccccc2[nH]1. The van der Waals surface area contributed by atoms with E-state index in [1.165, 1.54) is 32.1 Å². The monoisotopic (exact) mass is 255 g/mol. The van der Waals surface area contributed by atoms with Crippen LogP contribution >= 0.6 is 0 Å². The van der Waals surface area contributed by atoms with Crippen LogP contribution in [0.2, 0.25) is 0 Å². The van der Waals surface area contributed by atoms with Gasteiger partial charge in [-0.25, -0.2) is 4.98 Å². The number of aromatic amines is 1. The van der Waals surface area contributed by atoms with Crippen molar-refractivity contribution in [1.82, 2.24) is 15.3 Å². The van der Waals surface area contributed by atoms with Crippen LogP contribution in [0.15, 0.2) is 24.3 Å². The molecule has 0 bridgehead atoms. The lowest BCUT2D eigenvalue weighted by Crippen LogP contribution is -2.41. The van der Waals surface area contributed by atoms with E-state index in [0.717, 1.165) is 34.4 Å². The molecule has 0 amide bonds. The van der Waals surface area contributed by atoms with E-state index in [4.69, 9.17) is 0 Å². The van der Waals surface area contributed by atoms with Crippen molar-refractivity contribution in [2.45, 2.75) is 50.6 Å². The summed E-state index contributed by atoms with van der Waals surface area (Å²) in [5, 5.41) is 3.64. The molecule has 3 nitrogen and oxygen atoms in total. The Labute approximate surface area is 113 Å². The first-order valence-electron chi connectivity index (χ1n) is 7.47. The number of hydrogen-bond acceptors (Lipinski definition) is 2. The van der Waals surface area contributed by atoms with E-state index < -0.39 is 0 Å². The first-order chi connectivity index (χ1) is 9.28. The first kappa shape index (κ1) is 11.5. The Morgan fingerprint density at radius 2 is 2.11 bits per heavy atom. The summed E-state index contributed by atoms with van der Waals surface area (Å²) in [5.41, 5.74) is 2.89. The van der Waals surface area contributed by atoms with E-state index in [1.807, 2.05) is 31.2 Å². The molecular weight excluding hydrogens is 234 g/mol. The van der Waals surface area contributed by atoms with E-state index in [1.54, 1.807) is 0 Å². The Hall–Kier alpha value is -1.35. The van der Waals surface area contributed by atoms with Crippen LogP contribution in [0, 0.1) is 12.8 Å². The van der Waals surface area contributed by atoms with Crippen LogP contribution in [0.25, 0.3) is 11.0 Å². The number of benzene rings is 1. The molecule has 19 heavy (non-hydrogen) atoms. The van der Waals surface area contributed by atoms with E-state index in [2.05, 4.69) is 15.3 Å². The molecule has 2 N–H and O–H groups in total. The summed E-state index contributed by atoms with van der Waals surface area (Å²) in [6, 6.07) is 8.97. The van der Waals surface area contributed by atoms with Crippen molar-refractivity contribution in [3.63, 3.8) is 0 Å². The Bertz CT molecular complexity index is 570. The number of aryl methyl sites for hydroxylation is 1. The average molecular weight is 255 g/mol. The molecule has 3 atom stereocenters. The first-order valence-corrected chi connectivity index (χ1v) is 7.47. The highest BCUT2D eigenvalue weighted by Crippen LogP contribution is 2.56. The third-order valence-corrected chi connectivity index (χ3v) is 5.17. The number of rotatable bonds is 0. The third kappa shape index (κ3) is 1.79. The number of hydrogen-bond donors (Lipinski definition) is 2. The van der Waals surface area contributed by atoms with Crippen molar-refractivity contribution in [1.29, 1.82) is 0 Å². The molecule has 100 valence electrons. The zero-order valence-corrected chi connectivity index (χ0v) is 11.4. The molecule has 5 rings (SSSR count). The molecule has 2 saturated carbocycles. The molecule has 1 saturated heterocycles. The molecule has 1 aromatic carbocycles. The maximum atomic E-state index is 4.26. The lowest BCUT2D eigenvalue weighted by Gasteiger charge is -2.39. The van der Waals surface area contributed by atoms with Crippen molar-refractivity contribution in [3.05, 3.63) is 30.1 Å². The highest BCUT2D eigenvalue weighted by Gasteiger charge is 2.64. The second-order valence-corrected chi connectivity index (χ2v) is 6.24. The highest BCUT2D eigenvalue weighted by atomic mass is 15.2. The van der Waals surface area contributed by atoms with E-state index in [9.17, 15) is 0 Å². The van der Waals surface area contributed by atoms with Gasteiger partial charge in [-0.3, -0.25) is 0 Å². The minimum atomic E-state index is 0.734. The second-order valence-electron chi connectivity index (χ2n) is 6.24. The number of H-pyrrole nitrogens is 1. The van der Waals surface area contributed by atoms with Crippen molar-refractivity contribution in [2.75, 3.05) is 0 Å². The number of aromatic nitrogens is 2. The molecule has 2 heterocycles. The average Bonchev–Trinajstić information content (AvgIpc) is 3.04. The van der Waals surface area contributed by atoms with Gasteiger partial charge < -0.3 is 10.3 Å². The molecule has 1 aliphatic heterocycles. The topological polar surface area (TPSA) is 50.6 Å². The van der Waals surface area contributed by atoms with Gasteiger partial charge >= 0.3 is 0 Å². The van der Waals surface area contributed by atoms with Crippen molar-refractivity contribution < 1.29 is 0 Å². The molecule has 2 aliphatic carbocycles. The van der Waals surface area contributed by atoms with E-state index in [-0.39, 0.29) is 0 Å². The van der Waals surface area contributed by atoms with Gasteiger partial charge in [-0.05, 0) is 50.7 Å². The molecule has 1 aromatic heterocycles. The quantitative estimate of drug-likeness (QED) is 0.710. The van der Waals surface area contributed by atoms with Crippen LogP contribution in [0.4, 0.5) is 0 Å². The van der Waals surface area contributed by atoms with Gasteiger partial charge in [0.2, 0.25) is 0 Å². The standard InChI is InChI=1S/C8H8N2.C8H13N/c1-6-9-7-4-2-3-5-8(7)10-6;1-2-6-4-5-8(6)7(3-1)9-8/h2-5H,1H3,(H,9,10);6-7,9H,1-5H2/t;6-,7+,8?/m.1/s1. The summed E-state index contributed by atoms with van der Waals surface area (Å²) in [6.45, 7) is 1.96. The van der Waals surface area contributed by atoms with Crippen LogP contribution in [-0.4, -0.2) is 21.5 Å². The molecule has 1 unspecified atom stereocenters. The molecule has 2 aromatic rings. The Morgan fingerprint density at radius 1 is 1.21 bits per heavy atom. The van der Waals surface area contributed by atoms with Crippen LogP contribution in [-0.2, 0) is 0 Å². The smallest absolute Gasteiger partial charge is 0.104 e. The zero-order valence-electron chi connectivity index (χ0n) is 11.4. The number of imidazole rings is 1. The third-order valence-electron chi connectivity index (χ3n) is 5.17. The van der Waals surface area contributed by atoms with Gasteiger partial charge in [0.15, 0.2) is 0 Å². The summed E-state index contributed by atoms with van der Waals surface area (Å²) >= 11 is 0. The number of nitrogens with one attached hydrogen (secondary N) is 2. The van der Waals surface area contributed by atoms with Crippen molar-refractivity contribution in [3.8, 4) is 0 Å². The molecule has 0 radical (unpaired) electrons. The maximum absolute atomic E-state index is 4.26. The second kappa shape index (κ2) is 4.07. The van der Waals surface area contributed by atoms with Crippen LogP contribution < -0.4 is 5.32 Å². The lowest BCUT2D eigenvalue weighted by molar-refractivity contribution is 0.172. The molecule has 3 heteroatoms. The van der Waals surface area contributed by atoms with Gasteiger partial charge in [0.1, 0.15) is 5.82 Å². The number of para-hydroxylation sites is 2. The Balaban J connectivity index is 0.000000102. The zero-order chi connectivity index (χ0) is 12.9. The van der Waals surface area contributed by atoms with Crippen LogP contribution in [0.3, 0.4) is 0 Å². The summed E-state index contributed by atoms with van der Waals surface area (Å²) in [4.78, 5) is 7.40. The molecular formula is C16H21N3. The van der Waals surface area contributed by atoms with Crippen molar-refractivity contribution >= 4 is 11.0 Å². The predicted octanol–water partition coefficient (Wildman–Crippen LogP) is 3.16. The minimum Gasteiger partial charge on any atom is -0.342 e. The number of fused-ring (bicyclic) bond motifs is 1. The largest absolute Gasteiger partial charge is 0.342 e. The van der Waals surface area contributed by atoms with E-state index in [0.29, 0.717) is 0 Å². The van der Waals surface area contributed by atoms with Gasteiger partial charge in [0, 0.05) is 11.6 Å². The molecule has 3 fully saturated rings. The lowest BCUT2D eigenvalue weighted by atomic mass is 9.65. The van der Waals surface area contributed by atoms with Gasteiger partial charge in [-0.1, -0.05) is 18.6 Å². The summed E-state index contributed by atoms with van der Waals surface area (Å²) in [6.07, 6.45) is 7.48. The normalized spacial score (nSPS) is 34.6. The fourth-order valence-electron chi connectivity index (χ4n) is 3.97. The van der Waals surface area contributed by atoms with Crippen molar-refractivity contribution in [2.24, 2.45) is 5.92 Å². The fourth-order valence-corrected chi connectivity index (χ4v) is 3.97. The Kier molecular flexibility index (Phi) is 2.46. The maximum Gasteiger partial charge on any atom is 0.104 e. The number of nitrogens with zero attached hydrogens (tertiary/aromatic N) is 1. The van der Waals surface area contributed by atoms with Gasteiger partial charge in [0.25, 0.3) is 0 Å². The highest BCUT2D eigenvalue weighted by molar-refractivity contribution is 5.74. The molecule has 1 spiro atoms. The summed E-state index contributed by atoms with van der Waals surface area (Å²) in [7, 11) is 0. The van der Waals surface area contributed by atoms with Gasteiger partial charge in [-0.2, -0.15) is 0 Å². The van der Waals surface area contributed by atoms with E-state index >= 15 is 0 Å². The Morgan fingerprint density at radius 3 is 2.79 bits per heavy atom. The van der Waals surface area contributed by atoms with Crippen LogP contribution in [0.1, 0.15) is 37.9 Å². The summed E-state index contributed by atoms with van der Waals surface area (Å²) < 4.78 is 0. The minimum absolute atomic E-state index is 0.734. The van der Waals surface area contributed by atoms with Gasteiger partial charge in [0.05, 0.1) is 11.0 Å². The van der Waals surface area contributed by atoms with Gasteiger partial charge in [-0.15, -0.1) is 0 Å². The fraction of sp³-hybridized carbons (Fsp3) is 0.562. The van der Waals surface area contributed by atoms with Crippen LogP contribution in [0.5, 0.6) is 0 Å². The summed E-state index contributed by atoms with van der Waals surface area (Å²) in [5.74, 6) is 2.07. The molecule has 3 aliphatic rings.